The maximum atomic E-state index is 7.57. The van der Waals surface area contributed by atoms with Crippen molar-refractivity contribution in [3.63, 3.8) is 0 Å². The van der Waals surface area contributed by atoms with E-state index >= 15 is 0 Å². The quantitative estimate of drug-likeness (QED) is 0.347. The zero-order chi connectivity index (χ0) is 19.3. The van der Waals surface area contributed by atoms with Crippen LogP contribution in [0.15, 0.2) is 53.1 Å². The van der Waals surface area contributed by atoms with Gasteiger partial charge in [-0.25, -0.2) is 9.41 Å². The normalized spacial score (nSPS) is 13.5. The lowest BCUT2D eigenvalue weighted by atomic mass is 10.0. The predicted octanol–water partition coefficient (Wildman–Crippen LogP) is 5.25. The van der Waals surface area contributed by atoms with Crippen molar-refractivity contribution in [1.29, 1.82) is 0 Å². The van der Waals surface area contributed by atoms with Crippen molar-refractivity contribution in [2.75, 3.05) is 0 Å². The van der Waals surface area contributed by atoms with Gasteiger partial charge in [0.1, 0.15) is 18.2 Å². The monoisotopic (exact) mass is 316 g/mol. The standard InChI is InChI=1S/C21H17N2O/c1-13-5-8-19(23(4)12-13)17-11-21-18(9-14(17)2)16-7-6-15(22-3)10-20(16)24-21/h5-12H,1-2,4H3/q+1/i1D3. The number of fused-ring (bicyclic) bond motifs is 3. The fraction of sp³-hybridized carbons (Fsp3) is 0.143. The number of aryl methyl sites for hydroxylation is 3. The first kappa shape index (κ1) is 11.4. The number of pyridine rings is 1. The van der Waals surface area contributed by atoms with Crippen molar-refractivity contribution in [1.82, 2.24) is 0 Å². The van der Waals surface area contributed by atoms with Crippen LogP contribution < -0.4 is 4.57 Å². The summed E-state index contributed by atoms with van der Waals surface area (Å²) in [4.78, 5) is 3.45. The van der Waals surface area contributed by atoms with Crippen LogP contribution in [0.1, 0.15) is 15.2 Å². The maximum Gasteiger partial charge on any atom is 0.212 e. The van der Waals surface area contributed by atoms with Gasteiger partial charge >= 0.3 is 0 Å². The van der Waals surface area contributed by atoms with E-state index in [2.05, 4.69) is 10.9 Å². The Morgan fingerprint density at radius 2 is 1.92 bits per heavy atom. The Balaban J connectivity index is 1.91. The molecule has 0 atom stereocenters. The zero-order valence-electron chi connectivity index (χ0n) is 16.4. The molecule has 0 bridgehead atoms. The molecule has 0 spiro atoms. The molecule has 2 heterocycles. The predicted molar refractivity (Wildman–Crippen MR) is 96.1 cm³/mol. The number of rotatable bonds is 1. The second kappa shape index (κ2) is 5.21. The minimum Gasteiger partial charge on any atom is -0.457 e. The highest BCUT2D eigenvalue weighted by molar-refractivity contribution is 6.07. The molecule has 0 amide bonds. The first-order valence-corrected chi connectivity index (χ1v) is 7.63. The SMILES string of the molecule is [2H]C([2H])([2H])c1ccc(-c2cc3oc4cc([N+]#[C-])ccc4c3cc2C)[n+](C)c1. The summed E-state index contributed by atoms with van der Waals surface area (Å²) in [5.74, 6) is 0. The first-order valence-electron chi connectivity index (χ1n) is 9.13. The molecule has 0 aliphatic heterocycles. The fourth-order valence-electron chi connectivity index (χ4n) is 3.15. The Hall–Kier alpha value is -3.12. The average Bonchev–Trinajstić information content (AvgIpc) is 2.96. The van der Waals surface area contributed by atoms with Crippen molar-refractivity contribution in [2.24, 2.45) is 7.05 Å². The number of nitrogens with zero attached hydrogens (tertiary/aromatic N) is 2. The van der Waals surface area contributed by atoms with E-state index in [1.165, 1.54) is 0 Å². The minimum absolute atomic E-state index is 0.308. The van der Waals surface area contributed by atoms with Crippen molar-refractivity contribution < 1.29 is 13.1 Å². The summed E-state index contributed by atoms with van der Waals surface area (Å²) in [5, 5.41) is 1.98. The Morgan fingerprint density at radius 3 is 2.67 bits per heavy atom. The van der Waals surface area contributed by atoms with Gasteiger partial charge in [-0.2, -0.15) is 0 Å². The highest BCUT2D eigenvalue weighted by Gasteiger charge is 2.16. The Kier molecular flexibility index (Phi) is 2.48. The molecule has 0 saturated heterocycles. The summed E-state index contributed by atoms with van der Waals surface area (Å²) in [6.45, 7) is 7.06. The average molecular weight is 316 g/mol. The van der Waals surface area contributed by atoms with Crippen LogP contribution in [0.5, 0.6) is 0 Å². The highest BCUT2D eigenvalue weighted by Crippen LogP contribution is 2.35. The Morgan fingerprint density at radius 1 is 1.08 bits per heavy atom. The smallest absolute Gasteiger partial charge is 0.212 e. The van der Waals surface area contributed by atoms with Gasteiger partial charge in [0.25, 0.3) is 0 Å². The van der Waals surface area contributed by atoms with Gasteiger partial charge in [-0.15, -0.1) is 0 Å². The van der Waals surface area contributed by atoms with Crippen molar-refractivity contribution in [3.05, 3.63) is 71.2 Å². The zero-order valence-corrected chi connectivity index (χ0v) is 13.4. The van der Waals surface area contributed by atoms with E-state index in [-0.39, 0.29) is 0 Å². The lowest BCUT2D eigenvalue weighted by Crippen LogP contribution is -2.31. The molecule has 0 unspecified atom stereocenters. The van der Waals surface area contributed by atoms with E-state index in [1.807, 2.05) is 36.7 Å². The van der Waals surface area contributed by atoms with E-state index in [1.54, 1.807) is 24.4 Å². The van der Waals surface area contributed by atoms with Gasteiger partial charge < -0.3 is 4.42 Å². The topological polar surface area (TPSA) is 21.4 Å². The molecule has 0 N–H and O–H groups in total. The largest absolute Gasteiger partial charge is 0.457 e. The van der Waals surface area contributed by atoms with Crippen LogP contribution in [0.3, 0.4) is 0 Å². The van der Waals surface area contributed by atoms with Crippen LogP contribution in [0.4, 0.5) is 5.69 Å². The van der Waals surface area contributed by atoms with Gasteiger partial charge in [0.15, 0.2) is 11.9 Å². The molecule has 3 nitrogen and oxygen atoms in total. The lowest BCUT2D eigenvalue weighted by Gasteiger charge is -2.05. The third kappa shape index (κ3) is 2.16. The molecule has 0 saturated carbocycles. The molecule has 4 rings (SSSR count). The van der Waals surface area contributed by atoms with Crippen molar-refractivity contribution >= 4 is 27.6 Å². The van der Waals surface area contributed by atoms with Gasteiger partial charge in [0.05, 0.1) is 12.1 Å². The number of benzene rings is 2. The number of furan rings is 1. The molecule has 4 aromatic rings. The van der Waals surface area contributed by atoms with Crippen LogP contribution in [-0.4, -0.2) is 0 Å². The Bertz CT molecular complexity index is 1250. The van der Waals surface area contributed by atoms with Crippen LogP contribution >= 0.6 is 0 Å². The third-order valence-electron chi connectivity index (χ3n) is 4.34. The summed E-state index contributed by atoms with van der Waals surface area (Å²) < 4.78 is 30.5. The van der Waals surface area contributed by atoms with Crippen molar-refractivity contribution in [2.45, 2.75) is 13.8 Å². The number of hydrogen-bond donors (Lipinski definition) is 0. The lowest BCUT2D eigenvalue weighted by molar-refractivity contribution is -0.660. The fourth-order valence-corrected chi connectivity index (χ4v) is 3.15. The van der Waals surface area contributed by atoms with E-state index in [9.17, 15) is 0 Å². The van der Waals surface area contributed by atoms with Gasteiger partial charge in [-0.05, 0) is 43.6 Å². The second-order valence-electron chi connectivity index (χ2n) is 5.97. The van der Waals surface area contributed by atoms with E-state index in [0.29, 0.717) is 16.8 Å². The number of aromatic nitrogens is 1. The van der Waals surface area contributed by atoms with Gasteiger partial charge in [-0.3, -0.25) is 0 Å². The summed E-state index contributed by atoms with van der Waals surface area (Å²) in [5.41, 5.74) is 5.24. The number of hydrogen-bond acceptors (Lipinski definition) is 1. The molecule has 116 valence electrons. The van der Waals surface area contributed by atoms with E-state index < -0.39 is 6.85 Å². The van der Waals surface area contributed by atoms with Crippen LogP contribution in [0.2, 0.25) is 0 Å². The van der Waals surface area contributed by atoms with Crippen LogP contribution in [0, 0.1) is 20.3 Å². The van der Waals surface area contributed by atoms with E-state index in [4.69, 9.17) is 15.1 Å². The summed E-state index contributed by atoms with van der Waals surface area (Å²) in [6, 6.07) is 13.0. The summed E-state index contributed by atoms with van der Waals surface area (Å²) >= 11 is 0. The maximum absolute atomic E-state index is 7.57. The third-order valence-corrected chi connectivity index (χ3v) is 4.34. The molecule has 0 aliphatic rings. The molecule has 2 aromatic heterocycles. The van der Waals surface area contributed by atoms with Crippen LogP contribution in [-0.2, 0) is 7.05 Å². The molecule has 24 heavy (non-hydrogen) atoms. The minimum atomic E-state index is -2.13. The molecule has 3 heteroatoms. The molecular weight excluding hydrogens is 296 g/mol. The summed E-state index contributed by atoms with van der Waals surface area (Å²) in [6.07, 6.45) is 1.65. The van der Waals surface area contributed by atoms with E-state index in [0.717, 1.165) is 33.2 Å². The highest BCUT2D eigenvalue weighted by atomic mass is 16.3. The van der Waals surface area contributed by atoms with Crippen molar-refractivity contribution in [3.8, 4) is 11.3 Å². The molecule has 0 aliphatic carbocycles. The molecular formula is C21H17N2O+. The second-order valence-corrected chi connectivity index (χ2v) is 5.97. The summed E-state index contributed by atoms with van der Waals surface area (Å²) in [7, 11) is 1.84. The van der Waals surface area contributed by atoms with Gasteiger partial charge in [0, 0.05) is 26.5 Å². The van der Waals surface area contributed by atoms with Crippen LogP contribution in [0.25, 0.3) is 38.0 Å². The van der Waals surface area contributed by atoms with Gasteiger partial charge in [0.2, 0.25) is 5.69 Å². The molecule has 0 fully saturated rings. The Labute approximate surface area is 144 Å². The van der Waals surface area contributed by atoms with Gasteiger partial charge in [-0.1, -0.05) is 12.1 Å². The molecule has 2 aromatic carbocycles. The molecule has 0 radical (unpaired) electrons. The first-order chi connectivity index (χ1) is 12.8.